The lowest BCUT2D eigenvalue weighted by Gasteiger charge is -2.48. The van der Waals surface area contributed by atoms with Crippen LogP contribution in [0.2, 0.25) is 0 Å². The maximum absolute atomic E-state index is 5.61. The summed E-state index contributed by atoms with van der Waals surface area (Å²) in [6, 6.07) is 7.21. The number of fused-ring (bicyclic) bond motifs is 1. The highest BCUT2D eigenvalue weighted by Gasteiger charge is 2.46. The molecule has 1 aromatic carbocycles. The molecular weight excluding hydrogens is 234 g/mol. The normalized spacial score (nSPS) is 21.8. The molecule has 0 saturated carbocycles. The molecule has 0 radical (unpaired) electrons. The molecule has 1 saturated heterocycles. The molecule has 0 aromatic heterocycles. The fourth-order valence-corrected chi connectivity index (χ4v) is 3.82. The second kappa shape index (κ2) is 5.26. The number of ether oxygens (including phenoxy) is 1. The quantitative estimate of drug-likeness (QED) is 0.878. The van der Waals surface area contributed by atoms with Gasteiger partial charge in [-0.3, -0.25) is 0 Å². The zero-order chi connectivity index (χ0) is 13.3. The summed E-state index contributed by atoms with van der Waals surface area (Å²) in [7, 11) is 2.05. The fourth-order valence-electron chi connectivity index (χ4n) is 3.82. The van der Waals surface area contributed by atoms with Crippen molar-refractivity contribution in [2.45, 2.75) is 38.0 Å². The van der Waals surface area contributed by atoms with Crippen molar-refractivity contribution in [2.75, 3.05) is 26.8 Å². The maximum Gasteiger partial charge on any atom is 0.0588 e. The number of hydrogen-bond acceptors (Lipinski definition) is 2. The van der Waals surface area contributed by atoms with E-state index in [1.165, 1.54) is 31.2 Å². The topological polar surface area (TPSA) is 21.3 Å². The Morgan fingerprint density at radius 3 is 2.68 bits per heavy atom. The van der Waals surface area contributed by atoms with E-state index in [0.717, 1.165) is 19.8 Å². The number of hydrogen-bond donors (Lipinski definition) is 1. The summed E-state index contributed by atoms with van der Waals surface area (Å²) in [5.41, 5.74) is 4.93. The van der Waals surface area contributed by atoms with E-state index >= 15 is 0 Å². The Morgan fingerprint density at radius 1 is 1.26 bits per heavy atom. The van der Waals surface area contributed by atoms with Gasteiger partial charge in [0, 0.05) is 5.41 Å². The van der Waals surface area contributed by atoms with Crippen LogP contribution in [0.1, 0.15) is 36.5 Å². The molecule has 104 valence electrons. The molecule has 1 unspecified atom stereocenters. The van der Waals surface area contributed by atoms with Gasteiger partial charge in [-0.25, -0.2) is 0 Å². The molecule has 1 aromatic rings. The minimum atomic E-state index is 0.259. The van der Waals surface area contributed by atoms with Crippen LogP contribution in [0.15, 0.2) is 18.2 Å². The third-order valence-electron chi connectivity index (χ3n) is 5.12. The van der Waals surface area contributed by atoms with Crippen molar-refractivity contribution in [3.63, 3.8) is 0 Å². The van der Waals surface area contributed by atoms with Crippen molar-refractivity contribution in [3.8, 4) is 0 Å². The SMILES string of the molecule is CCC(CNC)C1(c2ccc3c(c2)CCC3)COC1. The minimum absolute atomic E-state index is 0.259. The van der Waals surface area contributed by atoms with Crippen LogP contribution < -0.4 is 5.32 Å². The highest BCUT2D eigenvalue weighted by Crippen LogP contribution is 2.42. The summed E-state index contributed by atoms with van der Waals surface area (Å²) in [4.78, 5) is 0. The van der Waals surface area contributed by atoms with E-state index < -0.39 is 0 Å². The summed E-state index contributed by atoms with van der Waals surface area (Å²) >= 11 is 0. The van der Waals surface area contributed by atoms with Crippen molar-refractivity contribution in [1.82, 2.24) is 5.32 Å². The molecule has 0 bridgehead atoms. The first-order chi connectivity index (χ1) is 9.30. The molecule has 1 aliphatic heterocycles. The van der Waals surface area contributed by atoms with E-state index in [9.17, 15) is 0 Å². The standard InChI is InChI=1S/C17H25NO/c1-3-15(10-18-2)17(11-19-12-17)16-8-7-13-5-4-6-14(13)9-16/h7-9,15,18H,3-6,10-12H2,1-2H3. The number of aryl methyl sites for hydroxylation is 2. The minimum Gasteiger partial charge on any atom is -0.379 e. The Balaban J connectivity index is 1.93. The van der Waals surface area contributed by atoms with Crippen molar-refractivity contribution < 1.29 is 4.74 Å². The maximum atomic E-state index is 5.61. The van der Waals surface area contributed by atoms with Crippen LogP contribution in [0.5, 0.6) is 0 Å². The van der Waals surface area contributed by atoms with E-state index in [2.05, 4.69) is 37.5 Å². The molecule has 19 heavy (non-hydrogen) atoms. The van der Waals surface area contributed by atoms with Gasteiger partial charge in [-0.1, -0.05) is 31.5 Å². The van der Waals surface area contributed by atoms with Gasteiger partial charge in [0.2, 0.25) is 0 Å². The molecule has 0 amide bonds. The van der Waals surface area contributed by atoms with E-state index in [1.54, 1.807) is 11.1 Å². The summed E-state index contributed by atoms with van der Waals surface area (Å²) < 4.78 is 5.61. The first-order valence-corrected chi connectivity index (χ1v) is 7.65. The molecule has 1 heterocycles. The highest BCUT2D eigenvalue weighted by atomic mass is 16.5. The second-order valence-electron chi connectivity index (χ2n) is 6.15. The fraction of sp³-hybridized carbons (Fsp3) is 0.647. The van der Waals surface area contributed by atoms with Gasteiger partial charge in [0.1, 0.15) is 0 Å². The van der Waals surface area contributed by atoms with Crippen LogP contribution in [0.25, 0.3) is 0 Å². The van der Waals surface area contributed by atoms with E-state index in [-0.39, 0.29) is 5.41 Å². The Hall–Kier alpha value is -0.860. The third-order valence-corrected chi connectivity index (χ3v) is 5.12. The van der Waals surface area contributed by atoms with Gasteiger partial charge >= 0.3 is 0 Å². The molecule has 3 rings (SSSR count). The van der Waals surface area contributed by atoms with Crippen molar-refractivity contribution in [2.24, 2.45) is 5.92 Å². The van der Waals surface area contributed by atoms with Crippen molar-refractivity contribution in [3.05, 3.63) is 34.9 Å². The Morgan fingerprint density at radius 2 is 2.05 bits per heavy atom. The Bertz CT molecular complexity index is 451. The van der Waals surface area contributed by atoms with Crippen LogP contribution in [0.3, 0.4) is 0 Å². The summed E-state index contributed by atoms with van der Waals surface area (Å²) in [6.07, 6.45) is 5.08. The van der Waals surface area contributed by atoms with Gasteiger partial charge in [0.05, 0.1) is 13.2 Å². The van der Waals surface area contributed by atoms with Gasteiger partial charge in [0.15, 0.2) is 0 Å². The first kappa shape index (κ1) is 13.1. The average molecular weight is 259 g/mol. The van der Waals surface area contributed by atoms with Crippen LogP contribution >= 0.6 is 0 Å². The molecular formula is C17H25NO. The second-order valence-corrected chi connectivity index (χ2v) is 6.15. The number of nitrogens with one attached hydrogen (secondary N) is 1. The summed E-state index contributed by atoms with van der Waals surface area (Å²) in [5, 5.41) is 3.36. The van der Waals surface area contributed by atoms with Gasteiger partial charge in [0.25, 0.3) is 0 Å². The van der Waals surface area contributed by atoms with E-state index in [1.807, 2.05) is 0 Å². The van der Waals surface area contributed by atoms with Crippen molar-refractivity contribution in [1.29, 1.82) is 0 Å². The highest BCUT2D eigenvalue weighted by molar-refractivity contribution is 5.40. The van der Waals surface area contributed by atoms with Crippen LogP contribution in [0, 0.1) is 5.92 Å². The van der Waals surface area contributed by atoms with Gasteiger partial charge < -0.3 is 10.1 Å². The van der Waals surface area contributed by atoms with E-state index in [0.29, 0.717) is 5.92 Å². The van der Waals surface area contributed by atoms with Crippen LogP contribution in [-0.2, 0) is 23.0 Å². The number of rotatable bonds is 5. The molecule has 0 spiro atoms. The van der Waals surface area contributed by atoms with E-state index in [4.69, 9.17) is 4.74 Å². The lowest BCUT2D eigenvalue weighted by atomic mass is 9.67. The predicted molar refractivity (Wildman–Crippen MR) is 78.7 cm³/mol. The summed E-state index contributed by atoms with van der Waals surface area (Å²) in [5.74, 6) is 0.672. The van der Waals surface area contributed by atoms with Crippen molar-refractivity contribution >= 4 is 0 Å². The Labute approximate surface area is 116 Å². The average Bonchev–Trinajstić information content (AvgIpc) is 2.84. The summed E-state index contributed by atoms with van der Waals surface area (Å²) in [6.45, 7) is 5.17. The molecule has 1 fully saturated rings. The molecule has 2 nitrogen and oxygen atoms in total. The molecule has 2 aliphatic rings. The Kier molecular flexibility index (Phi) is 3.64. The molecule has 1 aliphatic carbocycles. The lowest BCUT2D eigenvalue weighted by Crippen LogP contribution is -2.54. The molecule has 1 atom stereocenters. The third kappa shape index (κ3) is 2.11. The van der Waals surface area contributed by atoms with Gasteiger partial charge in [-0.2, -0.15) is 0 Å². The van der Waals surface area contributed by atoms with Gasteiger partial charge in [-0.15, -0.1) is 0 Å². The molecule has 2 heteroatoms. The lowest BCUT2D eigenvalue weighted by molar-refractivity contribution is -0.0910. The monoisotopic (exact) mass is 259 g/mol. The largest absolute Gasteiger partial charge is 0.379 e. The van der Waals surface area contributed by atoms with Crippen LogP contribution in [0.4, 0.5) is 0 Å². The molecule has 1 N–H and O–H groups in total. The predicted octanol–water partition coefficient (Wildman–Crippen LogP) is 2.69. The smallest absolute Gasteiger partial charge is 0.0588 e. The zero-order valence-electron chi connectivity index (χ0n) is 12.2. The number of benzene rings is 1. The van der Waals surface area contributed by atoms with Crippen LogP contribution in [-0.4, -0.2) is 26.8 Å². The van der Waals surface area contributed by atoms with Gasteiger partial charge in [-0.05, 0) is 55.5 Å². The first-order valence-electron chi connectivity index (χ1n) is 7.65. The zero-order valence-corrected chi connectivity index (χ0v) is 12.2.